The van der Waals surface area contributed by atoms with Crippen LogP contribution >= 0.6 is 0 Å². The van der Waals surface area contributed by atoms with Crippen LogP contribution in [0, 0.1) is 5.41 Å². The first-order chi connectivity index (χ1) is 4.97. The highest BCUT2D eigenvalue weighted by Crippen LogP contribution is 2.35. The number of hydrogen-bond donors (Lipinski definition) is 1. The summed E-state index contributed by atoms with van der Waals surface area (Å²) in [6.45, 7) is 6.44. The second-order valence-electron chi connectivity index (χ2n) is 4.28. The lowest BCUT2D eigenvalue weighted by Gasteiger charge is -2.34. The highest BCUT2D eigenvalue weighted by atomic mass is 16.3. The topological polar surface area (TPSA) is 20.2 Å². The van der Waals surface area contributed by atoms with E-state index in [2.05, 4.69) is 19.9 Å². The number of hydrogen-bond acceptors (Lipinski definition) is 1. The largest absolute Gasteiger partial charge is 0.386 e. The normalized spacial score (nSPS) is 35.6. The van der Waals surface area contributed by atoms with Crippen LogP contribution in [0.25, 0.3) is 0 Å². The van der Waals surface area contributed by atoms with Gasteiger partial charge in [0.1, 0.15) is 0 Å². The summed E-state index contributed by atoms with van der Waals surface area (Å²) in [4.78, 5) is 0. The molecule has 64 valence electrons. The third-order valence-corrected chi connectivity index (χ3v) is 2.66. The fourth-order valence-corrected chi connectivity index (χ4v) is 1.38. The molecular formula is C10H18O. The molecule has 11 heavy (non-hydrogen) atoms. The first-order valence-electron chi connectivity index (χ1n) is 4.40. The second kappa shape index (κ2) is 2.63. The monoisotopic (exact) mass is 154 g/mol. The lowest BCUT2D eigenvalue weighted by atomic mass is 9.76. The quantitative estimate of drug-likeness (QED) is 0.575. The molecule has 1 atom stereocenters. The van der Waals surface area contributed by atoms with E-state index in [1.165, 1.54) is 0 Å². The van der Waals surface area contributed by atoms with E-state index in [4.69, 9.17) is 0 Å². The molecule has 0 spiro atoms. The van der Waals surface area contributed by atoms with Crippen molar-refractivity contribution in [2.45, 2.75) is 45.6 Å². The van der Waals surface area contributed by atoms with E-state index in [0.717, 1.165) is 19.3 Å². The zero-order valence-electron chi connectivity index (χ0n) is 7.72. The lowest BCUT2D eigenvalue weighted by molar-refractivity contribution is 0.0570. The summed E-state index contributed by atoms with van der Waals surface area (Å²) in [5.41, 5.74) is -0.211. The Morgan fingerprint density at radius 2 is 1.91 bits per heavy atom. The van der Waals surface area contributed by atoms with Crippen LogP contribution in [0.15, 0.2) is 12.2 Å². The van der Waals surface area contributed by atoms with E-state index in [-0.39, 0.29) is 0 Å². The Balaban J connectivity index is 2.70. The molecule has 0 saturated heterocycles. The lowest BCUT2D eigenvalue weighted by Crippen LogP contribution is -2.31. The maximum Gasteiger partial charge on any atom is 0.0825 e. The molecule has 0 bridgehead atoms. The second-order valence-corrected chi connectivity index (χ2v) is 4.28. The van der Waals surface area contributed by atoms with E-state index >= 15 is 0 Å². The Hall–Kier alpha value is -0.300. The van der Waals surface area contributed by atoms with Gasteiger partial charge in [-0.15, -0.1) is 0 Å². The Morgan fingerprint density at radius 1 is 1.27 bits per heavy atom. The molecule has 1 N–H and O–H groups in total. The predicted molar refractivity (Wildman–Crippen MR) is 47.4 cm³/mol. The number of rotatable bonds is 1. The molecule has 0 aromatic carbocycles. The van der Waals surface area contributed by atoms with Crippen molar-refractivity contribution in [2.75, 3.05) is 0 Å². The minimum absolute atomic E-state index is 0.293. The molecule has 1 aliphatic rings. The van der Waals surface area contributed by atoms with E-state index in [1.54, 1.807) is 0 Å². The summed E-state index contributed by atoms with van der Waals surface area (Å²) >= 11 is 0. The molecule has 0 fully saturated rings. The van der Waals surface area contributed by atoms with Crippen molar-refractivity contribution >= 4 is 0 Å². The van der Waals surface area contributed by atoms with E-state index in [1.807, 2.05) is 13.0 Å². The third kappa shape index (κ3) is 2.06. The highest BCUT2D eigenvalue weighted by Gasteiger charge is 2.29. The third-order valence-electron chi connectivity index (χ3n) is 2.66. The molecule has 1 aliphatic carbocycles. The predicted octanol–water partition coefficient (Wildman–Crippen LogP) is 2.50. The number of allylic oxidation sites excluding steroid dienone is 1. The van der Waals surface area contributed by atoms with Crippen LogP contribution in [0.2, 0.25) is 0 Å². The van der Waals surface area contributed by atoms with E-state index in [9.17, 15) is 5.11 Å². The SMILES string of the molecule is CCC1(O)C=CC(C)(C)CC1. The molecule has 1 heteroatoms. The van der Waals surface area contributed by atoms with Crippen LogP contribution in [0.1, 0.15) is 40.0 Å². The molecule has 0 aromatic rings. The van der Waals surface area contributed by atoms with Gasteiger partial charge in [0.2, 0.25) is 0 Å². The van der Waals surface area contributed by atoms with Crippen molar-refractivity contribution in [1.82, 2.24) is 0 Å². The Labute approximate surface area is 69.1 Å². The van der Waals surface area contributed by atoms with Crippen LogP contribution < -0.4 is 0 Å². The van der Waals surface area contributed by atoms with Gasteiger partial charge in [-0.2, -0.15) is 0 Å². The number of aliphatic hydroxyl groups is 1. The van der Waals surface area contributed by atoms with Crippen molar-refractivity contribution in [1.29, 1.82) is 0 Å². The smallest absolute Gasteiger partial charge is 0.0825 e. The highest BCUT2D eigenvalue weighted by molar-refractivity contribution is 5.10. The van der Waals surface area contributed by atoms with Crippen LogP contribution in [0.4, 0.5) is 0 Å². The molecule has 0 aromatic heterocycles. The van der Waals surface area contributed by atoms with Gasteiger partial charge in [0, 0.05) is 0 Å². The maximum atomic E-state index is 9.83. The molecule has 1 unspecified atom stereocenters. The van der Waals surface area contributed by atoms with Crippen molar-refractivity contribution in [3.63, 3.8) is 0 Å². The molecule has 0 saturated carbocycles. The van der Waals surface area contributed by atoms with Gasteiger partial charge in [0.15, 0.2) is 0 Å². The van der Waals surface area contributed by atoms with Crippen LogP contribution in [0.5, 0.6) is 0 Å². The van der Waals surface area contributed by atoms with Crippen molar-refractivity contribution in [2.24, 2.45) is 5.41 Å². The Bertz CT molecular complexity index is 170. The van der Waals surface area contributed by atoms with Gasteiger partial charge in [-0.25, -0.2) is 0 Å². The van der Waals surface area contributed by atoms with E-state index in [0.29, 0.717) is 5.41 Å². The molecule has 0 amide bonds. The Morgan fingerprint density at radius 3 is 2.27 bits per heavy atom. The van der Waals surface area contributed by atoms with Crippen LogP contribution in [-0.4, -0.2) is 10.7 Å². The van der Waals surface area contributed by atoms with Crippen molar-refractivity contribution in [3.8, 4) is 0 Å². The van der Waals surface area contributed by atoms with Gasteiger partial charge in [-0.1, -0.05) is 32.9 Å². The molecular weight excluding hydrogens is 136 g/mol. The molecule has 0 radical (unpaired) electrons. The van der Waals surface area contributed by atoms with E-state index < -0.39 is 5.60 Å². The maximum absolute atomic E-state index is 9.83. The van der Waals surface area contributed by atoms with Crippen LogP contribution in [-0.2, 0) is 0 Å². The zero-order valence-corrected chi connectivity index (χ0v) is 7.72. The minimum Gasteiger partial charge on any atom is -0.386 e. The van der Waals surface area contributed by atoms with Gasteiger partial charge in [0.25, 0.3) is 0 Å². The van der Waals surface area contributed by atoms with Gasteiger partial charge < -0.3 is 5.11 Å². The summed E-state index contributed by atoms with van der Waals surface area (Å²) in [6.07, 6.45) is 6.94. The summed E-state index contributed by atoms with van der Waals surface area (Å²) in [6, 6.07) is 0. The summed E-state index contributed by atoms with van der Waals surface area (Å²) in [5, 5.41) is 9.83. The van der Waals surface area contributed by atoms with Gasteiger partial charge in [-0.05, 0) is 24.7 Å². The fraction of sp³-hybridized carbons (Fsp3) is 0.800. The van der Waals surface area contributed by atoms with Crippen LogP contribution in [0.3, 0.4) is 0 Å². The van der Waals surface area contributed by atoms with Crippen molar-refractivity contribution < 1.29 is 5.11 Å². The average Bonchev–Trinajstić information content (AvgIpc) is 1.97. The summed E-state index contributed by atoms with van der Waals surface area (Å²) < 4.78 is 0. The summed E-state index contributed by atoms with van der Waals surface area (Å²) in [5.74, 6) is 0. The Kier molecular flexibility index (Phi) is 2.10. The zero-order chi connectivity index (χ0) is 8.54. The van der Waals surface area contributed by atoms with Gasteiger partial charge in [-0.3, -0.25) is 0 Å². The first-order valence-corrected chi connectivity index (χ1v) is 4.40. The van der Waals surface area contributed by atoms with Gasteiger partial charge >= 0.3 is 0 Å². The fourth-order valence-electron chi connectivity index (χ4n) is 1.38. The van der Waals surface area contributed by atoms with Crippen molar-refractivity contribution in [3.05, 3.63) is 12.2 Å². The molecule has 0 aliphatic heterocycles. The molecule has 1 nitrogen and oxygen atoms in total. The first kappa shape index (κ1) is 8.79. The molecule has 1 rings (SSSR count). The molecule has 0 heterocycles. The standard InChI is InChI=1S/C10H18O/c1-4-10(11)7-5-9(2,3)6-8-10/h5,7,11H,4,6,8H2,1-3H3. The van der Waals surface area contributed by atoms with Gasteiger partial charge in [0.05, 0.1) is 5.60 Å². The minimum atomic E-state index is -0.504. The summed E-state index contributed by atoms with van der Waals surface area (Å²) in [7, 11) is 0. The average molecular weight is 154 g/mol.